The van der Waals surface area contributed by atoms with Gasteiger partial charge < -0.3 is 43.1 Å². The molecule has 0 unspecified atom stereocenters. The monoisotopic (exact) mass is 795 g/mol. The van der Waals surface area contributed by atoms with Gasteiger partial charge in [-0.1, -0.05) is 0 Å². The summed E-state index contributed by atoms with van der Waals surface area (Å²) in [6.45, 7) is 15.2. The van der Waals surface area contributed by atoms with Gasteiger partial charge in [-0.15, -0.1) is 12.4 Å². The largest absolute Gasteiger partial charge is 0.397 e. The Labute approximate surface area is 313 Å². The molecule has 0 bridgehead atoms. The Morgan fingerprint density at radius 1 is 0.673 bits per heavy atom. The zero-order valence-electron chi connectivity index (χ0n) is 29.2. The van der Waals surface area contributed by atoms with Crippen molar-refractivity contribution in [3.8, 4) is 0 Å². The summed E-state index contributed by atoms with van der Waals surface area (Å²) in [5, 5.41) is 18.3. The Kier molecular flexibility index (Phi) is 20.2. The number of nitro benzene ring substituents is 1. The third-order valence-corrected chi connectivity index (χ3v) is 9.32. The van der Waals surface area contributed by atoms with Crippen LogP contribution < -0.4 is 26.2 Å². The Morgan fingerprint density at radius 2 is 1.10 bits per heavy atom. The van der Waals surface area contributed by atoms with Crippen molar-refractivity contribution in [1.82, 2.24) is 9.80 Å². The number of morpholine rings is 2. The van der Waals surface area contributed by atoms with Gasteiger partial charge in [-0.05, 0) is 68.9 Å². The van der Waals surface area contributed by atoms with E-state index in [0.717, 1.165) is 135 Å². The van der Waals surface area contributed by atoms with Gasteiger partial charge in [-0.3, -0.25) is 19.9 Å². The van der Waals surface area contributed by atoms with Gasteiger partial charge in [0.25, 0.3) is 5.69 Å². The zero-order chi connectivity index (χ0) is 32.0. The number of rotatable bonds is 11. The van der Waals surface area contributed by atoms with Crippen molar-refractivity contribution in [2.45, 2.75) is 38.5 Å². The molecule has 4 N–H and O–H groups in total. The molecule has 280 valence electrons. The summed E-state index contributed by atoms with van der Waals surface area (Å²) in [4.78, 5) is 20.4. The summed E-state index contributed by atoms with van der Waals surface area (Å²) in [7, 11) is 0. The van der Waals surface area contributed by atoms with Gasteiger partial charge in [0.1, 0.15) is 5.69 Å². The molecule has 12 nitrogen and oxygen atoms in total. The quantitative estimate of drug-likeness (QED) is 0.0915. The molecule has 4 fully saturated rings. The van der Waals surface area contributed by atoms with E-state index in [9.17, 15) is 10.1 Å². The van der Waals surface area contributed by atoms with E-state index in [4.69, 9.17) is 15.2 Å². The van der Waals surface area contributed by atoms with Crippen LogP contribution in [0.5, 0.6) is 0 Å². The molecule has 2 aromatic carbocycles. The second-order valence-corrected chi connectivity index (χ2v) is 12.6. The molecule has 2 aromatic rings. The Hall–Kier alpha value is -2.37. The summed E-state index contributed by atoms with van der Waals surface area (Å²) < 4.78 is 10.7. The van der Waals surface area contributed by atoms with Gasteiger partial charge in [0, 0.05) is 116 Å². The second-order valence-electron chi connectivity index (χ2n) is 12.6. The van der Waals surface area contributed by atoms with Crippen molar-refractivity contribution in [3.63, 3.8) is 0 Å². The third kappa shape index (κ3) is 13.7. The average Bonchev–Trinajstić information content (AvgIpc) is 3.11. The van der Waals surface area contributed by atoms with Gasteiger partial charge in [0.15, 0.2) is 0 Å². The molecule has 0 atom stereocenters. The van der Waals surface area contributed by atoms with Gasteiger partial charge in [-0.25, -0.2) is 0 Å². The number of anilines is 5. The van der Waals surface area contributed by atoms with Crippen LogP contribution in [-0.4, -0.2) is 120 Å². The first-order chi connectivity index (χ1) is 22.6. The van der Waals surface area contributed by atoms with Crippen LogP contribution in [0.15, 0.2) is 36.4 Å². The van der Waals surface area contributed by atoms with Crippen LogP contribution in [0.2, 0.25) is 0 Å². The first-order valence-corrected chi connectivity index (χ1v) is 17.3. The summed E-state index contributed by atoms with van der Waals surface area (Å²) in [6, 6.07) is 11.7. The van der Waals surface area contributed by atoms with Crippen molar-refractivity contribution in [3.05, 3.63) is 53.9 Å². The predicted molar refractivity (Wildman–Crippen MR) is 201 cm³/mol. The van der Waals surface area contributed by atoms with E-state index < -0.39 is 0 Å². The number of hydrogen-bond acceptors (Lipinski definition) is 11. The molecule has 49 heavy (non-hydrogen) atoms. The van der Waals surface area contributed by atoms with Crippen molar-refractivity contribution in [2.75, 3.05) is 131 Å². The smallest absolute Gasteiger partial charge is 0.292 e. The average molecular weight is 797 g/mol. The molecule has 14 heteroatoms. The minimum atomic E-state index is -0.276. The van der Waals surface area contributed by atoms with Crippen LogP contribution in [-0.2, 0) is 29.9 Å². The summed E-state index contributed by atoms with van der Waals surface area (Å²) in [5.74, 6) is 0. The number of hydrogen-bond donors (Lipinski definition) is 3. The molecule has 0 saturated carbocycles. The fourth-order valence-corrected chi connectivity index (χ4v) is 6.60. The van der Waals surface area contributed by atoms with Crippen molar-refractivity contribution < 1.29 is 34.8 Å². The maximum absolute atomic E-state index is 11.3. The number of nitrogens with zero attached hydrogens (tertiary/aromatic N) is 5. The number of halogens is 1. The first-order valence-electron chi connectivity index (χ1n) is 17.3. The maximum Gasteiger partial charge on any atom is 0.292 e. The number of benzene rings is 2. The molecule has 0 amide bonds. The topological polar surface area (TPSA) is 125 Å². The van der Waals surface area contributed by atoms with E-state index in [-0.39, 0.29) is 50.9 Å². The summed E-state index contributed by atoms with van der Waals surface area (Å²) >= 11 is 0. The van der Waals surface area contributed by atoms with Gasteiger partial charge in [0.05, 0.1) is 42.7 Å². The van der Waals surface area contributed by atoms with Crippen LogP contribution in [0.3, 0.4) is 0 Å². The fourth-order valence-electron chi connectivity index (χ4n) is 6.60. The number of piperidine rings is 2. The third-order valence-electron chi connectivity index (χ3n) is 9.32. The summed E-state index contributed by atoms with van der Waals surface area (Å²) in [5.41, 5.74) is 11.3. The Balaban J connectivity index is 0.000000321. The molecule has 4 heterocycles. The van der Waals surface area contributed by atoms with E-state index in [0.29, 0.717) is 0 Å². The van der Waals surface area contributed by atoms with Crippen molar-refractivity contribution >= 4 is 46.5 Å². The molecular weight excluding hydrogens is 738 g/mol. The van der Waals surface area contributed by atoms with E-state index in [1.807, 2.05) is 18.2 Å². The van der Waals surface area contributed by atoms with Crippen LogP contribution in [0.1, 0.15) is 38.5 Å². The Bertz CT molecular complexity index is 1220. The SMILES string of the molecule is Cl.Nc1ccc(NCCN2CCOCC2)cc1N1CCCCC1.O=[N+]([O-])c1ccc(NCCN2CCOCC2)cc1N1CCCCC1.[CH3-].[Pd]. The van der Waals surface area contributed by atoms with E-state index in [1.165, 1.54) is 37.1 Å². The number of nitrogens with two attached hydrogens (primary N) is 1. The molecule has 0 aromatic heterocycles. The summed E-state index contributed by atoms with van der Waals surface area (Å²) in [6.07, 6.45) is 7.30. The molecule has 4 aliphatic rings. The van der Waals surface area contributed by atoms with E-state index >= 15 is 0 Å². The minimum Gasteiger partial charge on any atom is -0.397 e. The molecule has 0 aliphatic carbocycles. The number of nitrogens with one attached hydrogen (secondary N) is 2. The number of nitrogen functional groups attached to an aromatic ring is 1. The molecule has 4 saturated heterocycles. The maximum atomic E-state index is 11.3. The van der Waals surface area contributed by atoms with Gasteiger partial charge in [0.2, 0.25) is 0 Å². The predicted octanol–water partition coefficient (Wildman–Crippen LogP) is 5.20. The first kappa shape index (κ1) is 42.8. The van der Waals surface area contributed by atoms with Crippen LogP contribution in [0.25, 0.3) is 0 Å². The van der Waals surface area contributed by atoms with Gasteiger partial charge >= 0.3 is 0 Å². The standard InChI is InChI=1S/C17H26N4O3.C17H28N4O.CH3.ClH.Pd/c22-21(23)16-5-4-15(14-17(16)20-7-2-1-3-8-20)18-6-9-19-10-12-24-13-11-19;18-16-5-4-15(14-17(16)21-7-2-1-3-8-21)19-6-9-20-10-12-22-13-11-20;;;/h4-5,14,18H,1-3,6-13H2;4-5,14,19H,1-3,6-13,18H2;1H3;1H;/q;;-1;;. The Morgan fingerprint density at radius 3 is 1.57 bits per heavy atom. The minimum absolute atomic E-state index is 0. The molecular formula is C35H58ClN8O4Pd-. The normalized spacial score (nSPS) is 18.4. The van der Waals surface area contributed by atoms with E-state index in [2.05, 4.69) is 42.4 Å². The molecule has 6 rings (SSSR count). The van der Waals surface area contributed by atoms with Crippen LogP contribution >= 0.6 is 12.4 Å². The van der Waals surface area contributed by atoms with Crippen LogP contribution in [0, 0.1) is 17.5 Å². The molecule has 4 aliphatic heterocycles. The number of ether oxygens (including phenoxy) is 2. The van der Waals surface area contributed by atoms with Crippen LogP contribution in [0.4, 0.5) is 34.1 Å². The van der Waals surface area contributed by atoms with Crippen molar-refractivity contribution in [1.29, 1.82) is 0 Å². The van der Waals surface area contributed by atoms with Gasteiger partial charge in [-0.2, -0.15) is 0 Å². The van der Waals surface area contributed by atoms with E-state index in [1.54, 1.807) is 6.07 Å². The number of nitro groups is 1. The second kappa shape index (κ2) is 23.2. The molecule has 0 spiro atoms. The van der Waals surface area contributed by atoms with Crippen molar-refractivity contribution in [2.24, 2.45) is 0 Å². The zero-order valence-corrected chi connectivity index (χ0v) is 31.6. The molecule has 0 radical (unpaired) electrons. The fraction of sp³-hybridized carbons (Fsp3) is 0.629.